The Balaban J connectivity index is 1.68. The molecule has 3 aliphatic carbocycles. The molecule has 4 atom stereocenters. The number of aliphatic hydroxyl groups is 1. The molecule has 3 heteroatoms. The van der Waals surface area contributed by atoms with Crippen LogP contribution in [0, 0.1) is 17.3 Å². The molecule has 0 saturated heterocycles. The molecule has 0 spiro atoms. The summed E-state index contributed by atoms with van der Waals surface area (Å²) in [6, 6.07) is 4.21. The number of methoxy groups -OCH3 is 1. The standard InChI is InChI=1S/C21H30O3/c1-21-8-3-4-18(21)16-6-5-14-12-15(24-11-10-22)13-19(23-2)20(14)17(16)7-9-21/h12-13,16-18,22H,3-11H2,1-2H3/t16-,17+,18+,21+/m1/s1. The van der Waals surface area contributed by atoms with Gasteiger partial charge in [0.25, 0.3) is 0 Å². The van der Waals surface area contributed by atoms with Crippen molar-refractivity contribution < 1.29 is 14.6 Å². The van der Waals surface area contributed by atoms with E-state index in [1.165, 1.54) is 49.7 Å². The highest BCUT2D eigenvalue weighted by Crippen LogP contribution is 2.61. The fourth-order valence-electron chi connectivity index (χ4n) is 6.06. The van der Waals surface area contributed by atoms with Gasteiger partial charge >= 0.3 is 0 Å². The van der Waals surface area contributed by atoms with Crippen molar-refractivity contribution in [1.82, 2.24) is 0 Å². The van der Waals surface area contributed by atoms with E-state index in [1.807, 2.05) is 6.07 Å². The maximum Gasteiger partial charge on any atom is 0.126 e. The van der Waals surface area contributed by atoms with Crippen LogP contribution in [0.25, 0.3) is 0 Å². The van der Waals surface area contributed by atoms with Crippen LogP contribution >= 0.6 is 0 Å². The Morgan fingerprint density at radius 1 is 1.21 bits per heavy atom. The number of hydrogen-bond donors (Lipinski definition) is 1. The molecule has 2 saturated carbocycles. The van der Waals surface area contributed by atoms with E-state index in [0.29, 0.717) is 17.9 Å². The molecule has 3 nitrogen and oxygen atoms in total. The van der Waals surface area contributed by atoms with E-state index in [2.05, 4.69) is 13.0 Å². The Bertz CT molecular complexity index is 594. The van der Waals surface area contributed by atoms with E-state index < -0.39 is 0 Å². The lowest BCUT2D eigenvalue weighted by atomic mass is 9.56. The number of benzene rings is 1. The molecule has 0 heterocycles. The van der Waals surface area contributed by atoms with Gasteiger partial charge in [0.2, 0.25) is 0 Å². The molecule has 1 N–H and O–H groups in total. The van der Waals surface area contributed by atoms with Gasteiger partial charge in [-0.1, -0.05) is 13.3 Å². The van der Waals surface area contributed by atoms with Gasteiger partial charge in [0.15, 0.2) is 0 Å². The molecular weight excluding hydrogens is 300 g/mol. The van der Waals surface area contributed by atoms with Crippen molar-refractivity contribution in [3.05, 3.63) is 23.3 Å². The third-order valence-corrected chi connectivity index (χ3v) is 7.12. The first-order valence-corrected chi connectivity index (χ1v) is 9.61. The Kier molecular flexibility index (Phi) is 4.24. The first-order chi connectivity index (χ1) is 11.7. The van der Waals surface area contributed by atoms with Gasteiger partial charge in [-0.05, 0) is 73.3 Å². The van der Waals surface area contributed by atoms with Gasteiger partial charge in [-0.15, -0.1) is 0 Å². The van der Waals surface area contributed by atoms with E-state index >= 15 is 0 Å². The van der Waals surface area contributed by atoms with Crippen molar-refractivity contribution in [2.45, 2.75) is 57.8 Å². The van der Waals surface area contributed by atoms with Crippen molar-refractivity contribution in [2.75, 3.05) is 20.3 Å². The lowest BCUT2D eigenvalue weighted by Crippen LogP contribution is -2.39. The molecule has 1 aromatic rings. The monoisotopic (exact) mass is 330 g/mol. The van der Waals surface area contributed by atoms with Crippen LogP contribution in [0.1, 0.15) is 62.5 Å². The van der Waals surface area contributed by atoms with Crippen LogP contribution in [0.5, 0.6) is 11.5 Å². The highest BCUT2D eigenvalue weighted by Gasteiger charge is 2.50. The van der Waals surface area contributed by atoms with Crippen molar-refractivity contribution in [1.29, 1.82) is 0 Å². The lowest BCUT2D eigenvalue weighted by Gasteiger charge is -2.49. The molecule has 2 fully saturated rings. The second-order valence-corrected chi connectivity index (χ2v) is 8.27. The smallest absolute Gasteiger partial charge is 0.126 e. The van der Waals surface area contributed by atoms with Crippen LogP contribution < -0.4 is 9.47 Å². The van der Waals surface area contributed by atoms with E-state index in [1.54, 1.807) is 7.11 Å². The van der Waals surface area contributed by atoms with Crippen LogP contribution in [-0.4, -0.2) is 25.4 Å². The highest BCUT2D eigenvalue weighted by atomic mass is 16.5. The molecule has 0 aliphatic heterocycles. The quantitative estimate of drug-likeness (QED) is 0.894. The molecule has 0 bridgehead atoms. The summed E-state index contributed by atoms with van der Waals surface area (Å²) in [7, 11) is 1.78. The molecule has 1 aromatic carbocycles. The van der Waals surface area contributed by atoms with Gasteiger partial charge in [0, 0.05) is 11.6 Å². The fraction of sp³-hybridized carbons (Fsp3) is 0.714. The number of rotatable bonds is 4. The first kappa shape index (κ1) is 16.3. The van der Waals surface area contributed by atoms with Crippen LogP contribution in [0.3, 0.4) is 0 Å². The minimum absolute atomic E-state index is 0.0460. The maximum atomic E-state index is 9.00. The van der Waals surface area contributed by atoms with E-state index in [0.717, 1.165) is 29.8 Å². The van der Waals surface area contributed by atoms with Gasteiger partial charge < -0.3 is 14.6 Å². The van der Waals surface area contributed by atoms with E-state index in [4.69, 9.17) is 14.6 Å². The first-order valence-electron chi connectivity index (χ1n) is 9.61. The molecule has 3 aliphatic rings. The molecule has 24 heavy (non-hydrogen) atoms. The van der Waals surface area contributed by atoms with Crippen LogP contribution in [0.4, 0.5) is 0 Å². The number of hydrogen-bond acceptors (Lipinski definition) is 3. The van der Waals surface area contributed by atoms with Crippen LogP contribution in [-0.2, 0) is 6.42 Å². The summed E-state index contributed by atoms with van der Waals surface area (Å²) in [6.45, 7) is 2.93. The normalized spacial score (nSPS) is 34.2. The Labute approximate surface area is 145 Å². The Morgan fingerprint density at radius 3 is 2.88 bits per heavy atom. The number of aliphatic hydroxyl groups excluding tert-OH is 1. The average molecular weight is 330 g/mol. The van der Waals surface area contributed by atoms with Crippen molar-refractivity contribution >= 4 is 0 Å². The number of aryl methyl sites for hydroxylation is 1. The second kappa shape index (κ2) is 6.25. The third kappa shape index (κ3) is 2.52. The number of ether oxygens (including phenoxy) is 2. The summed E-state index contributed by atoms with van der Waals surface area (Å²) in [6.07, 6.45) is 9.39. The predicted molar refractivity (Wildman–Crippen MR) is 94.8 cm³/mol. The lowest BCUT2D eigenvalue weighted by molar-refractivity contribution is 0.0588. The minimum atomic E-state index is 0.0460. The van der Waals surface area contributed by atoms with Crippen molar-refractivity contribution in [3.8, 4) is 11.5 Å². The zero-order valence-electron chi connectivity index (χ0n) is 15.0. The average Bonchev–Trinajstić information content (AvgIpc) is 3.00. The van der Waals surface area contributed by atoms with E-state index in [-0.39, 0.29) is 6.61 Å². The molecule has 0 amide bonds. The molecule has 0 radical (unpaired) electrons. The third-order valence-electron chi connectivity index (χ3n) is 7.12. The summed E-state index contributed by atoms with van der Waals surface area (Å²) < 4.78 is 11.4. The molecule has 132 valence electrons. The largest absolute Gasteiger partial charge is 0.496 e. The van der Waals surface area contributed by atoms with Gasteiger partial charge in [0.05, 0.1) is 13.7 Å². The minimum Gasteiger partial charge on any atom is -0.496 e. The predicted octanol–water partition coefficient (Wildman–Crippen LogP) is 4.31. The topological polar surface area (TPSA) is 38.7 Å². The summed E-state index contributed by atoms with van der Waals surface area (Å²) in [5.41, 5.74) is 3.46. The zero-order chi connectivity index (χ0) is 16.7. The second-order valence-electron chi connectivity index (χ2n) is 8.27. The van der Waals surface area contributed by atoms with Crippen molar-refractivity contribution in [2.24, 2.45) is 17.3 Å². The summed E-state index contributed by atoms with van der Waals surface area (Å²) in [5, 5.41) is 9.00. The van der Waals surface area contributed by atoms with Gasteiger partial charge in [-0.25, -0.2) is 0 Å². The van der Waals surface area contributed by atoms with Gasteiger partial charge in [-0.2, -0.15) is 0 Å². The summed E-state index contributed by atoms with van der Waals surface area (Å²) in [4.78, 5) is 0. The van der Waals surface area contributed by atoms with Crippen LogP contribution in [0.15, 0.2) is 12.1 Å². The Morgan fingerprint density at radius 2 is 2.08 bits per heavy atom. The molecular formula is C21H30O3. The Hall–Kier alpha value is -1.22. The zero-order valence-corrected chi connectivity index (χ0v) is 15.0. The molecule has 0 aromatic heterocycles. The number of fused-ring (bicyclic) bond motifs is 5. The van der Waals surface area contributed by atoms with Gasteiger partial charge in [0.1, 0.15) is 18.1 Å². The summed E-state index contributed by atoms with van der Waals surface area (Å²) in [5.74, 6) is 4.22. The SMILES string of the molecule is COc1cc(OCCO)cc2c1[C@H]1CC[C@]3(C)CCC[C@H]3[C@@H]1CC2. The molecule has 4 rings (SSSR count). The van der Waals surface area contributed by atoms with E-state index in [9.17, 15) is 0 Å². The fourth-order valence-corrected chi connectivity index (χ4v) is 6.06. The summed E-state index contributed by atoms with van der Waals surface area (Å²) >= 11 is 0. The highest BCUT2D eigenvalue weighted by molar-refractivity contribution is 5.50. The van der Waals surface area contributed by atoms with Gasteiger partial charge in [-0.3, -0.25) is 0 Å². The maximum absolute atomic E-state index is 9.00. The molecule has 0 unspecified atom stereocenters. The van der Waals surface area contributed by atoms with Crippen molar-refractivity contribution in [3.63, 3.8) is 0 Å². The van der Waals surface area contributed by atoms with Crippen LogP contribution in [0.2, 0.25) is 0 Å².